The summed E-state index contributed by atoms with van der Waals surface area (Å²) in [6, 6.07) is 8.01. The van der Waals surface area contributed by atoms with Gasteiger partial charge in [-0.1, -0.05) is 13.8 Å². The Labute approximate surface area is 164 Å². The Morgan fingerprint density at radius 1 is 1.11 bits per heavy atom. The molecular formula is C20H24N4O3S. The summed E-state index contributed by atoms with van der Waals surface area (Å²) < 4.78 is 25.0. The van der Waals surface area contributed by atoms with Crippen molar-refractivity contribution in [3.05, 3.63) is 47.8 Å². The highest BCUT2D eigenvalue weighted by atomic mass is 32.2. The fourth-order valence-electron chi connectivity index (χ4n) is 2.88. The van der Waals surface area contributed by atoms with E-state index in [-0.39, 0.29) is 22.8 Å². The van der Waals surface area contributed by atoms with Crippen molar-refractivity contribution in [2.75, 3.05) is 11.6 Å². The number of pyridine rings is 1. The van der Waals surface area contributed by atoms with Gasteiger partial charge in [0.25, 0.3) is 5.91 Å². The number of aromatic nitrogens is 3. The van der Waals surface area contributed by atoms with E-state index in [0.717, 1.165) is 11.9 Å². The predicted molar refractivity (Wildman–Crippen MR) is 110 cm³/mol. The quantitative estimate of drug-likeness (QED) is 0.703. The Kier molecular flexibility index (Phi) is 5.25. The van der Waals surface area contributed by atoms with E-state index in [2.05, 4.69) is 10.4 Å². The van der Waals surface area contributed by atoms with Crippen LogP contribution in [0.15, 0.2) is 41.4 Å². The molecule has 0 radical (unpaired) electrons. The number of nitrogens with one attached hydrogen (secondary N) is 1. The van der Waals surface area contributed by atoms with Crippen LogP contribution in [0, 0.1) is 0 Å². The third-order valence-electron chi connectivity index (χ3n) is 4.45. The minimum atomic E-state index is -3.28. The lowest BCUT2D eigenvalue weighted by Crippen LogP contribution is -2.14. The largest absolute Gasteiger partial charge is 0.322 e. The van der Waals surface area contributed by atoms with Crippen molar-refractivity contribution < 1.29 is 13.2 Å². The van der Waals surface area contributed by atoms with Gasteiger partial charge in [0, 0.05) is 23.7 Å². The summed E-state index contributed by atoms with van der Waals surface area (Å²) in [5.74, 6) is -0.134. The van der Waals surface area contributed by atoms with E-state index in [1.165, 1.54) is 12.1 Å². The summed E-state index contributed by atoms with van der Waals surface area (Å²) in [6.45, 7) is 8.07. The number of anilines is 1. The highest BCUT2D eigenvalue weighted by Crippen LogP contribution is 2.25. The average molecular weight is 401 g/mol. The van der Waals surface area contributed by atoms with Gasteiger partial charge in [-0.2, -0.15) is 5.10 Å². The van der Waals surface area contributed by atoms with E-state index in [9.17, 15) is 13.2 Å². The van der Waals surface area contributed by atoms with E-state index < -0.39 is 9.84 Å². The topological polar surface area (TPSA) is 94.0 Å². The number of carbonyl (C=O) groups is 1. The molecule has 28 heavy (non-hydrogen) atoms. The van der Waals surface area contributed by atoms with Crippen LogP contribution in [0.3, 0.4) is 0 Å². The van der Waals surface area contributed by atoms with Gasteiger partial charge < -0.3 is 5.32 Å². The molecule has 0 atom stereocenters. The van der Waals surface area contributed by atoms with Crippen molar-refractivity contribution in [2.24, 2.45) is 0 Å². The maximum Gasteiger partial charge on any atom is 0.256 e. The number of fused-ring (bicyclic) bond motifs is 1. The summed E-state index contributed by atoms with van der Waals surface area (Å²) in [4.78, 5) is 17.9. The van der Waals surface area contributed by atoms with Gasteiger partial charge in [-0.25, -0.2) is 18.1 Å². The molecule has 0 fully saturated rings. The van der Waals surface area contributed by atoms with Gasteiger partial charge >= 0.3 is 0 Å². The Morgan fingerprint density at radius 3 is 2.29 bits per heavy atom. The molecule has 3 rings (SSSR count). The van der Waals surface area contributed by atoms with Gasteiger partial charge in [0.1, 0.15) is 0 Å². The predicted octanol–water partition coefficient (Wildman–Crippen LogP) is 3.79. The van der Waals surface area contributed by atoms with Gasteiger partial charge in [0.15, 0.2) is 15.5 Å². The van der Waals surface area contributed by atoms with Crippen LogP contribution in [0.5, 0.6) is 0 Å². The number of hydrogen-bond acceptors (Lipinski definition) is 5. The third kappa shape index (κ3) is 3.91. The fourth-order valence-corrected chi connectivity index (χ4v) is 3.51. The van der Waals surface area contributed by atoms with Crippen LogP contribution in [0.1, 0.15) is 55.7 Å². The van der Waals surface area contributed by atoms with E-state index in [1.54, 1.807) is 29.1 Å². The van der Waals surface area contributed by atoms with E-state index in [4.69, 9.17) is 4.98 Å². The normalized spacial score (nSPS) is 12.1. The Bertz CT molecular complexity index is 1130. The Hall–Kier alpha value is -2.74. The molecule has 0 bridgehead atoms. The maximum atomic E-state index is 13.0. The fraction of sp³-hybridized carbons (Fsp3) is 0.350. The molecule has 0 saturated carbocycles. The maximum absolute atomic E-state index is 13.0. The molecule has 1 N–H and O–H groups in total. The molecule has 8 heteroatoms. The van der Waals surface area contributed by atoms with Crippen molar-refractivity contribution in [2.45, 2.75) is 44.6 Å². The van der Waals surface area contributed by atoms with Gasteiger partial charge in [-0.05, 0) is 50.1 Å². The number of rotatable bonds is 5. The molecule has 148 valence electrons. The van der Waals surface area contributed by atoms with Crippen molar-refractivity contribution in [1.82, 2.24) is 14.8 Å². The molecule has 3 aromatic rings. The highest BCUT2D eigenvalue weighted by Gasteiger charge is 2.19. The van der Waals surface area contributed by atoms with Crippen LogP contribution in [0.4, 0.5) is 5.69 Å². The number of carbonyl (C=O) groups excluding carboxylic acids is 1. The first kappa shape index (κ1) is 20.0. The zero-order chi connectivity index (χ0) is 20.6. The second kappa shape index (κ2) is 7.35. The summed E-state index contributed by atoms with van der Waals surface area (Å²) in [5, 5.41) is 7.91. The van der Waals surface area contributed by atoms with Gasteiger partial charge in [0.2, 0.25) is 0 Å². The first-order chi connectivity index (χ1) is 13.1. The Balaban J connectivity index is 2.01. The monoisotopic (exact) mass is 400 g/mol. The second-order valence-electron chi connectivity index (χ2n) is 7.42. The Morgan fingerprint density at radius 2 is 1.75 bits per heavy atom. The first-order valence-electron chi connectivity index (χ1n) is 9.07. The lowest BCUT2D eigenvalue weighted by molar-refractivity contribution is 0.102. The average Bonchev–Trinajstić information content (AvgIpc) is 3.04. The van der Waals surface area contributed by atoms with E-state index in [0.29, 0.717) is 22.3 Å². The molecule has 0 unspecified atom stereocenters. The molecule has 0 aliphatic rings. The number of amides is 1. The smallest absolute Gasteiger partial charge is 0.256 e. The standard InChI is InChI=1S/C20H24N4O3S/c1-12(2)18-10-16(17-11-21-24(13(3)4)19(17)23-18)20(25)22-14-6-8-15(9-7-14)28(5,26)27/h6-13H,1-5H3,(H,22,25). The highest BCUT2D eigenvalue weighted by molar-refractivity contribution is 7.90. The number of hydrogen-bond donors (Lipinski definition) is 1. The van der Waals surface area contributed by atoms with Crippen molar-refractivity contribution in [3.8, 4) is 0 Å². The first-order valence-corrected chi connectivity index (χ1v) is 11.0. The number of nitrogens with zero attached hydrogens (tertiary/aromatic N) is 3. The second-order valence-corrected chi connectivity index (χ2v) is 9.44. The molecule has 2 aromatic heterocycles. The van der Waals surface area contributed by atoms with Crippen LogP contribution < -0.4 is 5.32 Å². The number of sulfone groups is 1. The lowest BCUT2D eigenvalue weighted by atomic mass is 10.0. The van der Waals surface area contributed by atoms with Crippen LogP contribution >= 0.6 is 0 Å². The summed E-state index contributed by atoms with van der Waals surface area (Å²) in [5.41, 5.74) is 2.50. The van der Waals surface area contributed by atoms with Crippen molar-refractivity contribution in [3.63, 3.8) is 0 Å². The number of benzene rings is 1. The van der Waals surface area contributed by atoms with E-state index >= 15 is 0 Å². The molecule has 0 aliphatic carbocycles. The van der Waals surface area contributed by atoms with Crippen LogP contribution in [-0.2, 0) is 9.84 Å². The lowest BCUT2D eigenvalue weighted by Gasteiger charge is -2.12. The van der Waals surface area contributed by atoms with E-state index in [1.807, 2.05) is 27.7 Å². The van der Waals surface area contributed by atoms with Gasteiger partial charge in [-0.15, -0.1) is 0 Å². The van der Waals surface area contributed by atoms with Crippen LogP contribution in [0.25, 0.3) is 11.0 Å². The zero-order valence-corrected chi connectivity index (χ0v) is 17.4. The molecule has 0 spiro atoms. The summed E-state index contributed by atoms with van der Waals surface area (Å²) >= 11 is 0. The molecule has 1 amide bonds. The van der Waals surface area contributed by atoms with Crippen molar-refractivity contribution >= 4 is 32.5 Å². The van der Waals surface area contributed by atoms with Crippen LogP contribution in [-0.4, -0.2) is 35.3 Å². The molecular weight excluding hydrogens is 376 g/mol. The summed E-state index contributed by atoms with van der Waals surface area (Å²) in [7, 11) is -3.28. The molecule has 1 aromatic carbocycles. The van der Waals surface area contributed by atoms with Gasteiger partial charge in [0.05, 0.1) is 22.0 Å². The SMILES string of the molecule is CC(C)c1cc(C(=O)Nc2ccc(S(C)(=O)=O)cc2)c2cnn(C(C)C)c2n1. The molecule has 7 nitrogen and oxygen atoms in total. The summed E-state index contributed by atoms with van der Waals surface area (Å²) in [6.07, 6.45) is 2.81. The van der Waals surface area contributed by atoms with Gasteiger partial charge in [-0.3, -0.25) is 4.79 Å². The molecule has 2 heterocycles. The van der Waals surface area contributed by atoms with Crippen molar-refractivity contribution in [1.29, 1.82) is 0 Å². The van der Waals surface area contributed by atoms with Crippen LogP contribution in [0.2, 0.25) is 0 Å². The minimum absolute atomic E-state index is 0.117. The zero-order valence-electron chi connectivity index (χ0n) is 16.6. The molecule has 0 saturated heterocycles. The minimum Gasteiger partial charge on any atom is -0.322 e. The third-order valence-corrected chi connectivity index (χ3v) is 5.58. The molecule has 0 aliphatic heterocycles.